The second-order valence-corrected chi connectivity index (χ2v) is 30.1. The third-order valence-electron chi connectivity index (χ3n) is 22.4. The molecule has 1 unspecified atom stereocenters. The van der Waals surface area contributed by atoms with E-state index in [0.29, 0.717) is 78.8 Å². The number of carbonyl (C=O) groups is 6. The number of anilines is 2. The van der Waals surface area contributed by atoms with Gasteiger partial charge >= 0.3 is 5.97 Å². The number of pyridine rings is 2. The van der Waals surface area contributed by atoms with Gasteiger partial charge in [0.15, 0.2) is 21.9 Å². The van der Waals surface area contributed by atoms with Crippen LogP contribution in [0.3, 0.4) is 0 Å². The molecule has 0 radical (unpaired) electrons. The number of carbonyl (C=O) groups excluding carboxylic acids is 5. The van der Waals surface area contributed by atoms with Crippen LogP contribution in [0.4, 0.5) is 20.2 Å². The standard InChI is InChI=1S/C35H42Cl2FN3O4.C25H25Cl2FN2O3.C9H18N2O2/c1-5-41(4)31(43)27-9-6-20(19-45-27)16-26(42)23-18-34(13-11-33(2,3)12-14-34)35(28(23)22-10-15-39-30(37)29(22)38)24-8-7-21(36)17-25(24)40-32(35)44;1-23(2)6-8-24(9-7-23)12-15(21(31)32)18(14-5-10-29-20(27)19(14)28)25(24)16-4-3-13(26)11-17(16)30-22(25)33;1-3-11(2)9(12)8-5-4-7(10)6-13-8/h7-8,10,15,17,20,23,27-28H,5-6,9,11-14,16,18-19H2,1-4H3,(H,40,44);3-5,10-11,15,18H,6-9,12H2,1-2H3,(H,30,33)(H,31,32);7-8H,3-6,10H2,1-2H3/t20-,23-,27-,28-,35+;15-,18+,25?;7-,8+/m011/s1. The lowest BCUT2D eigenvalue weighted by molar-refractivity contribution is -0.147. The zero-order valence-electron chi connectivity index (χ0n) is 53.2. The Hall–Kier alpha value is -5.34. The summed E-state index contributed by atoms with van der Waals surface area (Å²) in [5.41, 5.74) is 5.19. The smallest absolute Gasteiger partial charge is 0.307 e. The fourth-order valence-corrected chi connectivity index (χ4v) is 17.8. The number of fused-ring (bicyclic) bond motifs is 6. The molecule has 4 spiro atoms. The van der Waals surface area contributed by atoms with Crippen LogP contribution in [0.25, 0.3) is 0 Å². The van der Waals surface area contributed by atoms with Gasteiger partial charge in [-0.15, -0.1) is 0 Å². The van der Waals surface area contributed by atoms with Crippen molar-refractivity contribution in [2.24, 2.45) is 45.1 Å². The average Bonchev–Trinajstić information content (AvgIpc) is 1.52. The highest BCUT2D eigenvalue weighted by Crippen LogP contribution is 2.74. The van der Waals surface area contributed by atoms with E-state index in [9.17, 15) is 33.9 Å². The van der Waals surface area contributed by atoms with Gasteiger partial charge in [-0.1, -0.05) is 86.2 Å². The first kappa shape index (κ1) is 68.5. The number of amides is 4. The Labute approximate surface area is 552 Å². The van der Waals surface area contributed by atoms with Crippen LogP contribution in [0.5, 0.6) is 0 Å². The van der Waals surface area contributed by atoms with Crippen molar-refractivity contribution in [1.82, 2.24) is 19.8 Å². The number of likely N-dealkylation sites (N-methyl/N-ethyl adjacent to an activating group) is 2. The van der Waals surface area contributed by atoms with Crippen molar-refractivity contribution >= 4 is 93.2 Å². The van der Waals surface area contributed by atoms with E-state index in [1.165, 1.54) is 18.5 Å². The Balaban J connectivity index is 0.000000172. The normalized spacial score (nSPS) is 29.5. The minimum Gasteiger partial charge on any atom is -0.481 e. The van der Waals surface area contributed by atoms with Crippen molar-refractivity contribution < 1.29 is 52.1 Å². The zero-order chi connectivity index (χ0) is 65.9. The molecule has 0 bridgehead atoms. The summed E-state index contributed by atoms with van der Waals surface area (Å²) < 4.78 is 42.9. The average molecular weight is 1340 g/mol. The van der Waals surface area contributed by atoms with Gasteiger partial charge < -0.3 is 40.7 Å². The van der Waals surface area contributed by atoms with Gasteiger partial charge in [-0.05, 0) is 190 Å². The van der Waals surface area contributed by atoms with Crippen molar-refractivity contribution in [2.75, 3.05) is 51.0 Å². The number of hydrogen-bond acceptors (Lipinski definition) is 11. The number of nitrogens with one attached hydrogen (secondary N) is 2. The number of rotatable bonds is 10. The SMILES string of the molecule is CC1(C)CCC2(CC1)C[C@@H](C(=O)O)[C@H](c1ccnc(Cl)c1F)C21C(=O)Nc2cc(Cl)ccc21.CCN(C)C(=O)[C@@H]1CC[C@@H](CC(=O)[C@@H]2CC3(CCC(C)(C)CC3)[C@@]3(C(=O)Nc4cc(Cl)ccc43)[C@H]2c2ccnc(Cl)c2F)CO1.CCN(C)C(=O)[C@@H]1CC[C@@H](N)CO1. The van der Waals surface area contributed by atoms with Crippen LogP contribution in [0, 0.1) is 51.0 Å². The van der Waals surface area contributed by atoms with E-state index in [2.05, 4.69) is 48.3 Å². The summed E-state index contributed by atoms with van der Waals surface area (Å²) >= 11 is 24.9. The van der Waals surface area contributed by atoms with E-state index in [4.69, 9.17) is 61.6 Å². The number of ether oxygens (including phenoxy) is 2. The zero-order valence-corrected chi connectivity index (χ0v) is 56.2. The lowest BCUT2D eigenvalue weighted by Gasteiger charge is -2.51. The van der Waals surface area contributed by atoms with E-state index < -0.39 is 69.0 Å². The highest BCUT2D eigenvalue weighted by Gasteiger charge is 2.74. The molecule has 4 amide bonds. The Kier molecular flexibility index (Phi) is 19.9. The van der Waals surface area contributed by atoms with Crippen molar-refractivity contribution in [3.8, 4) is 0 Å². The van der Waals surface area contributed by atoms with E-state index in [0.717, 1.165) is 63.5 Å². The van der Waals surface area contributed by atoms with Crippen LogP contribution < -0.4 is 16.4 Å². The molecule has 4 aliphatic carbocycles. The van der Waals surface area contributed by atoms with Gasteiger partial charge in [0.05, 0.1) is 30.0 Å². The number of nitrogens with zero attached hydrogens (tertiary/aromatic N) is 4. The highest BCUT2D eigenvalue weighted by molar-refractivity contribution is 6.32. The van der Waals surface area contributed by atoms with E-state index in [1.807, 2.05) is 19.9 Å². The Bertz CT molecular complexity index is 3470. The third-order valence-corrected chi connectivity index (χ3v) is 23.4. The molecule has 8 aliphatic rings. The van der Waals surface area contributed by atoms with Crippen molar-refractivity contribution in [2.45, 2.75) is 179 Å². The number of aliphatic carboxylic acids is 1. The molecular formula is C69H85Cl4F2N7O9. The summed E-state index contributed by atoms with van der Waals surface area (Å²) in [6.45, 7) is 14.9. The molecule has 2 aromatic carbocycles. The van der Waals surface area contributed by atoms with Gasteiger partial charge in [-0.2, -0.15) is 0 Å². The Morgan fingerprint density at radius 3 is 1.44 bits per heavy atom. The molecule has 10 atom stereocenters. The molecule has 4 aromatic rings. The Morgan fingerprint density at radius 1 is 0.626 bits per heavy atom. The largest absolute Gasteiger partial charge is 0.481 e. The molecule has 2 saturated heterocycles. The van der Waals surface area contributed by atoms with Gasteiger partial charge in [0.25, 0.3) is 11.8 Å². The molecule has 5 N–H and O–H groups in total. The molecule has 16 nitrogen and oxygen atoms in total. The predicted molar refractivity (Wildman–Crippen MR) is 346 cm³/mol. The molecule has 492 valence electrons. The van der Waals surface area contributed by atoms with E-state index in [-0.39, 0.29) is 92.6 Å². The number of benzene rings is 2. The second kappa shape index (κ2) is 26.5. The second-order valence-electron chi connectivity index (χ2n) is 28.5. The first-order valence-corrected chi connectivity index (χ1v) is 33.6. The number of hydrogen-bond donors (Lipinski definition) is 4. The van der Waals surface area contributed by atoms with Crippen LogP contribution in [-0.2, 0) is 49.1 Å². The molecule has 6 heterocycles. The van der Waals surface area contributed by atoms with E-state index in [1.54, 1.807) is 60.3 Å². The lowest BCUT2D eigenvalue weighted by Crippen LogP contribution is -2.52. The summed E-state index contributed by atoms with van der Waals surface area (Å²) in [4.78, 5) is 91.2. The number of Topliss-reactive ketones (excluding diaryl/α,β-unsaturated/α-hetero) is 1. The van der Waals surface area contributed by atoms with Crippen LogP contribution >= 0.6 is 46.4 Å². The van der Waals surface area contributed by atoms with Crippen LogP contribution in [0.15, 0.2) is 60.9 Å². The number of halogens is 6. The quantitative estimate of drug-likeness (QED) is 0.109. The summed E-state index contributed by atoms with van der Waals surface area (Å²) in [6, 6.07) is 13.8. The molecule has 12 rings (SSSR count). The lowest BCUT2D eigenvalue weighted by atomic mass is 9.51. The topological polar surface area (TPSA) is 223 Å². The van der Waals surface area contributed by atoms with Crippen molar-refractivity contribution in [1.29, 1.82) is 0 Å². The molecule has 2 aromatic heterocycles. The maximum Gasteiger partial charge on any atom is 0.307 e. The predicted octanol–water partition coefficient (Wildman–Crippen LogP) is 13.5. The minimum absolute atomic E-state index is 0.00677. The molecule has 6 fully saturated rings. The molecule has 4 saturated carbocycles. The monoisotopic (exact) mass is 1330 g/mol. The van der Waals surface area contributed by atoms with Crippen LogP contribution in [0.1, 0.15) is 172 Å². The van der Waals surface area contributed by atoms with Crippen molar-refractivity contribution in [3.63, 3.8) is 0 Å². The van der Waals surface area contributed by atoms with Crippen LogP contribution in [0.2, 0.25) is 20.4 Å². The van der Waals surface area contributed by atoms with Gasteiger partial charge in [0, 0.05) is 91.2 Å². The van der Waals surface area contributed by atoms with Gasteiger partial charge in [0.2, 0.25) is 11.8 Å². The number of carboxylic acid groups (broad SMARTS) is 1. The van der Waals surface area contributed by atoms with Crippen molar-refractivity contribution in [3.05, 3.63) is 115 Å². The molecular weight excluding hydrogens is 1250 g/mol. The van der Waals surface area contributed by atoms with Gasteiger partial charge in [-0.25, -0.2) is 18.7 Å². The van der Waals surface area contributed by atoms with Crippen LogP contribution in [-0.4, -0.2) is 119 Å². The first-order chi connectivity index (χ1) is 43.0. The third kappa shape index (κ3) is 12.3. The first-order valence-electron chi connectivity index (χ1n) is 32.1. The fourth-order valence-electron chi connectivity index (χ4n) is 17.1. The fraction of sp³-hybridized carbons (Fsp3) is 0.594. The molecule has 4 aliphatic heterocycles. The maximum absolute atomic E-state index is 16.1. The summed E-state index contributed by atoms with van der Waals surface area (Å²) in [5, 5.41) is 16.7. The summed E-state index contributed by atoms with van der Waals surface area (Å²) in [7, 11) is 3.55. The van der Waals surface area contributed by atoms with E-state index >= 15 is 8.78 Å². The number of nitrogens with two attached hydrogens (primary N) is 1. The van der Waals surface area contributed by atoms with Gasteiger partial charge in [0.1, 0.15) is 18.0 Å². The highest BCUT2D eigenvalue weighted by atomic mass is 35.5. The molecule has 91 heavy (non-hydrogen) atoms. The minimum atomic E-state index is -1.25. The maximum atomic E-state index is 16.1. The summed E-state index contributed by atoms with van der Waals surface area (Å²) in [6.07, 6.45) is 12.2. The Morgan fingerprint density at radius 2 is 1.04 bits per heavy atom. The summed E-state index contributed by atoms with van der Waals surface area (Å²) in [5.74, 6) is -6.33. The number of carboxylic acids is 1. The number of aromatic nitrogens is 2. The van der Waals surface area contributed by atoms with Gasteiger partial charge in [-0.3, -0.25) is 28.8 Å². The molecule has 22 heteroatoms. The number of ketones is 1.